The fourth-order valence-corrected chi connectivity index (χ4v) is 6.80. The Morgan fingerprint density at radius 2 is 1.82 bits per heavy atom. The van der Waals surface area contributed by atoms with E-state index in [1.54, 1.807) is 11.9 Å². The predicted octanol–water partition coefficient (Wildman–Crippen LogP) is 8.54. The zero-order valence-corrected chi connectivity index (χ0v) is 32.8. The first-order chi connectivity index (χ1) is 22.8. The van der Waals surface area contributed by atoms with Crippen molar-refractivity contribution in [3.8, 4) is 28.4 Å². The van der Waals surface area contributed by atoms with Gasteiger partial charge in [0.25, 0.3) is 0 Å². The van der Waals surface area contributed by atoms with Crippen molar-refractivity contribution < 1.29 is 28.0 Å². The third-order valence-corrected chi connectivity index (χ3v) is 13.9. The Labute approximate surface area is 297 Å². The van der Waals surface area contributed by atoms with Gasteiger partial charge in [-0.05, 0) is 83.6 Å². The summed E-state index contributed by atoms with van der Waals surface area (Å²) in [4.78, 5) is 24.2. The Morgan fingerprint density at radius 1 is 1.12 bits per heavy atom. The van der Waals surface area contributed by atoms with E-state index in [-0.39, 0.29) is 17.7 Å². The summed E-state index contributed by atoms with van der Waals surface area (Å²) in [6, 6.07) is 7.64. The van der Waals surface area contributed by atoms with Gasteiger partial charge in [0.2, 0.25) is 0 Å². The predicted molar refractivity (Wildman–Crippen MR) is 196 cm³/mol. The number of benzene rings is 1. The number of aryl methyl sites for hydroxylation is 2. The van der Waals surface area contributed by atoms with Crippen LogP contribution in [0, 0.1) is 19.8 Å². The molecule has 11 nitrogen and oxygen atoms in total. The highest BCUT2D eigenvalue weighted by Gasteiger charge is 2.40. The van der Waals surface area contributed by atoms with E-state index in [0.29, 0.717) is 52.0 Å². The average Bonchev–Trinajstić information content (AvgIpc) is 3.35. The van der Waals surface area contributed by atoms with Gasteiger partial charge in [-0.3, -0.25) is 0 Å². The van der Waals surface area contributed by atoms with Gasteiger partial charge < -0.3 is 33.4 Å². The fraction of sp³-hybridized carbons (Fsp3) is 0.611. The maximum Gasteiger partial charge on any atom is 0.410 e. The molecule has 1 N–H and O–H groups in total. The fourth-order valence-electron chi connectivity index (χ4n) is 5.22. The number of aromatic nitrogens is 3. The van der Waals surface area contributed by atoms with Crippen molar-refractivity contribution in [2.75, 3.05) is 45.3 Å². The molecule has 1 aliphatic rings. The summed E-state index contributed by atoms with van der Waals surface area (Å²) in [5, 5.41) is 8.01. The van der Waals surface area contributed by atoms with E-state index >= 15 is 0 Å². The molecule has 1 aromatic carbocycles. The topological polar surface area (TPSA) is 121 Å². The number of ether oxygens (including phenoxy) is 3. The van der Waals surface area contributed by atoms with Crippen molar-refractivity contribution in [1.82, 2.24) is 20.0 Å². The molecule has 1 atom stereocenters. The number of hydrogen-bond donors (Lipinski definition) is 1. The number of likely N-dealkylation sites (N-methyl/N-ethyl adjacent to an activating group) is 1. The second kappa shape index (κ2) is 15.8. The van der Waals surface area contributed by atoms with Crippen LogP contribution >= 0.6 is 11.6 Å². The molecule has 4 rings (SSSR count). The van der Waals surface area contributed by atoms with Crippen LogP contribution in [-0.4, -0.2) is 86.1 Å². The van der Waals surface area contributed by atoms with Crippen LogP contribution in [0.5, 0.6) is 5.75 Å². The molecule has 1 fully saturated rings. The summed E-state index contributed by atoms with van der Waals surface area (Å²) in [6.45, 7) is 23.0. The number of halogens is 1. The van der Waals surface area contributed by atoms with Crippen LogP contribution in [0.4, 0.5) is 10.6 Å². The van der Waals surface area contributed by atoms with Crippen molar-refractivity contribution in [3.63, 3.8) is 0 Å². The second-order valence-corrected chi connectivity index (χ2v) is 20.5. The van der Waals surface area contributed by atoms with E-state index in [4.69, 9.17) is 44.7 Å². The van der Waals surface area contributed by atoms with Crippen molar-refractivity contribution in [2.45, 2.75) is 98.1 Å². The van der Waals surface area contributed by atoms with E-state index < -0.39 is 20.0 Å². The van der Waals surface area contributed by atoms with Crippen LogP contribution in [0.15, 0.2) is 28.8 Å². The number of carbonyl (C=O) groups excluding carboxylic acids is 1. The number of carbonyl (C=O) groups is 1. The summed E-state index contributed by atoms with van der Waals surface area (Å²) in [5.41, 5.74) is 2.14. The Morgan fingerprint density at radius 3 is 2.43 bits per heavy atom. The van der Waals surface area contributed by atoms with Crippen LogP contribution < -0.4 is 10.1 Å². The van der Waals surface area contributed by atoms with Crippen molar-refractivity contribution in [1.29, 1.82) is 0 Å². The highest BCUT2D eigenvalue weighted by Crippen LogP contribution is 2.39. The van der Waals surface area contributed by atoms with Crippen molar-refractivity contribution in [2.24, 2.45) is 5.92 Å². The van der Waals surface area contributed by atoms with Gasteiger partial charge in [0.15, 0.2) is 14.1 Å². The molecule has 1 amide bonds. The summed E-state index contributed by atoms with van der Waals surface area (Å²) < 4.78 is 29.8. The number of anilines is 1. The van der Waals surface area contributed by atoms with Gasteiger partial charge in [-0.25, -0.2) is 14.8 Å². The summed E-state index contributed by atoms with van der Waals surface area (Å²) in [6.07, 6.45) is 1.16. The zero-order valence-electron chi connectivity index (χ0n) is 31.0. The number of hydrogen-bond acceptors (Lipinski definition) is 10. The molecule has 0 bridgehead atoms. The number of nitrogens with one attached hydrogen (secondary N) is 1. The van der Waals surface area contributed by atoms with Gasteiger partial charge in [-0.15, -0.1) is 0 Å². The minimum Gasteiger partial charge on any atom is -0.491 e. The van der Waals surface area contributed by atoms with Gasteiger partial charge in [0.05, 0.1) is 23.9 Å². The molecule has 1 saturated heterocycles. The summed E-state index contributed by atoms with van der Waals surface area (Å²) in [5.74, 6) is 2.74. The molecule has 0 spiro atoms. The lowest BCUT2D eigenvalue weighted by Crippen LogP contribution is -2.49. The third-order valence-electron chi connectivity index (χ3n) is 9.00. The van der Waals surface area contributed by atoms with Crippen LogP contribution in [0.2, 0.25) is 23.2 Å². The average molecular weight is 716 g/mol. The molecule has 0 saturated carbocycles. The Kier molecular flexibility index (Phi) is 12.4. The first kappa shape index (κ1) is 38.6. The molecule has 3 aromatic rings. The molecule has 270 valence electrons. The van der Waals surface area contributed by atoms with Gasteiger partial charge in [-0.1, -0.05) is 49.7 Å². The molecular weight excluding hydrogens is 662 g/mol. The van der Waals surface area contributed by atoms with E-state index in [0.717, 1.165) is 43.7 Å². The highest BCUT2D eigenvalue weighted by atomic mass is 35.5. The van der Waals surface area contributed by atoms with E-state index in [2.05, 4.69) is 44.3 Å². The Hall–Kier alpha value is -3.19. The quantitative estimate of drug-likeness (QED) is 0.183. The van der Waals surface area contributed by atoms with Gasteiger partial charge in [-0.2, -0.15) is 0 Å². The number of amides is 1. The Bertz CT molecular complexity index is 1560. The van der Waals surface area contributed by atoms with Gasteiger partial charge >= 0.3 is 6.09 Å². The lowest BCUT2D eigenvalue weighted by molar-refractivity contribution is 0.0172. The lowest BCUT2D eigenvalue weighted by Gasteiger charge is -2.40. The molecule has 3 heterocycles. The smallest absolute Gasteiger partial charge is 0.410 e. The largest absolute Gasteiger partial charge is 0.491 e. The molecule has 1 unspecified atom stereocenters. The van der Waals surface area contributed by atoms with Crippen LogP contribution in [-0.2, 0) is 13.9 Å². The highest BCUT2D eigenvalue weighted by molar-refractivity contribution is 6.74. The number of rotatable bonds is 12. The number of nitrogens with zero attached hydrogens (tertiary/aromatic N) is 4. The standard InChI is InChI=1S/C36H54ClN5O6Si/c1-23-29(24(2)47-41-23)31-30(37)33(38-20-25-15-17-44-18-16-25)40-32(39-31)26-13-12-14-27(19-26)45-22-28(48-49(10,11)36(6,7)8)21-42(9)34(43)46-35(3,4)5/h12-14,19,25,28H,15-18,20-22H2,1-11H3,(H,38,39,40). The molecule has 13 heteroatoms. The molecule has 49 heavy (non-hydrogen) atoms. The summed E-state index contributed by atoms with van der Waals surface area (Å²) in [7, 11) is -0.490. The van der Waals surface area contributed by atoms with Crippen molar-refractivity contribution >= 4 is 31.8 Å². The van der Waals surface area contributed by atoms with Gasteiger partial charge in [0.1, 0.15) is 40.3 Å². The molecular formula is C36H54ClN5O6Si. The van der Waals surface area contributed by atoms with Crippen LogP contribution in [0.1, 0.15) is 65.8 Å². The molecule has 1 aliphatic heterocycles. The minimum absolute atomic E-state index is 0.0307. The lowest BCUT2D eigenvalue weighted by atomic mass is 10.0. The maximum absolute atomic E-state index is 12.8. The third kappa shape index (κ3) is 10.4. The summed E-state index contributed by atoms with van der Waals surface area (Å²) >= 11 is 6.97. The molecule has 0 aliphatic carbocycles. The molecule has 2 aromatic heterocycles. The van der Waals surface area contributed by atoms with E-state index in [1.165, 1.54) is 0 Å². The Balaban J connectivity index is 1.61. The molecule has 0 radical (unpaired) electrons. The minimum atomic E-state index is -2.21. The SMILES string of the molecule is Cc1noc(C)c1-c1nc(-c2cccc(OCC(CN(C)C(=O)OC(C)(C)C)O[Si](C)(C)C(C)(C)C)c2)nc(NCC2CCOCC2)c1Cl. The van der Waals surface area contributed by atoms with Crippen molar-refractivity contribution in [3.05, 3.63) is 40.7 Å². The van der Waals surface area contributed by atoms with E-state index in [9.17, 15) is 4.79 Å². The second-order valence-electron chi connectivity index (χ2n) is 15.4. The monoisotopic (exact) mass is 715 g/mol. The van der Waals surface area contributed by atoms with E-state index in [1.807, 2.05) is 58.9 Å². The van der Waals surface area contributed by atoms with Crippen LogP contribution in [0.25, 0.3) is 22.6 Å². The first-order valence-electron chi connectivity index (χ1n) is 17.0. The zero-order chi connectivity index (χ0) is 36.1. The maximum atomic E-state index is 12.8. The normalized spacial score (nSPS) is 15.2. The van der Waals surface area contributed by atoms with Gasteiger partial charge in [0, 0.05) is 32.4 Å². The first-order valence-corrected chi connectivity index (χ1v) is 20.3. The van der Waals surface area contributed by atoms with Crippen LogP contribution in [0.3, 0.4) is 0 Å².